The van der Waals surface area contributed by atoms with Crippen LogP contribution in [0.1, 0.15) is 66.4 Å². The van der Waals surface area contributed by atoms with Crippen molar-refractivity contribution in [3.05, 3.63) is 65.2 Å². The van der Waals surface area contributed by atoms with Crippen molar-refractivity contribution in [2.24, 2.45) is 0 Å². The number of nitrogens with zero attached hydrogens (tertiary/aromatic N) is 1. The predicted octanol–water partition coefficient (Wildman–Crippen LogP) is 5.37. The molecule has 4 rings (SSSR count). The van der Waals surface area contributed by atoms with Gasteiger partial charge >= 0.3 is 0 Å². The van der Waals surface area contributed by atoms with E-state index < -0.39 is 0 Å². The first-order valence-corrected chi connectivity index (χ1v) is 10.3. The maximum absolute atomic E-state index is 12.4. The summed E-state index contributed by atoms with van der Waals surface area (Å²) in [7, 11) is 0. The number of benzene rings is 2. The SMILES string of the molecule is Cc1ccc(C(=O)Nc2ccc(C3CCC(N4CCC[C@@H]4C)C3)cc2)cc1. The molecule has 0 bridgehead atoms. The van der Waals surface area contributed by atoms with Gasteiger partial charge in [-0.15, -0.1) is 0 Å². The van der Waals surface area contributed by atoms with Crippen LogP contribution in [0.2, 0.25) is 0 Å². The number of anilines is 1. The largest absolute Gasteiger partial charge is 0.322 e. The van der Waals surface area contributed by atoms with Crippen molar-refractivity contribution in [1.82, 2.24) is 4.90 Å². The van der Waals surface area contributed by atoms with Gasteiger partial charge in [0.05, 0.1) is 0 Å². The van der Waals surface area contributed by atoms with Crippen LogP contribution in [0.5, 0.6) is 0 Å². The van der Waals surface area contributed by atoms with Crippen molar-refractivity contribution in [3.8, 4) is 0 Å². The van der Waals surface area contributed by atoms with Gasteiger partial charge in [0.1, 0.15) is 0 Å². The van der Waals surface area contributed by atoms with Gasteiger partial charge in [0.2, 0.25) is 0 Å². The predicted molar refractivity (Wildman–Crippen MR) is 111 cm³/mol. The third kappa shape index (κ3) is 4.08. The van der Waals surface area contributed by atoms with Crippen LogP contribution >= 0.6 is 0 Å². The molecule has 3 nitrogen and oxygen atoms in total. The van der Waals surface area contributed by atoms with Gasteiger partial charge in [-0.25, -0.2) is 0 Å². The van der Waals surface area contributed by atoms with E-state index in [0.29, 0.717) is 11.5 Å². The number of hydrogen-bond acceptors (Lipinski definition) is 2. The second kappa shape index (κ2) is 7.85. The summed E-state index contributed by atoms with van der Waals surface area (Å²) in [6.07, 6.45) is 6.59. The molecule has 1 saturated carbocycles. The molecule has 0 aromatic heterocycles. The molecule has 1 amide bonds. The zero-order valence-electron chi connectivity index (χ0n) is 16.4. The molecule has 142 valence electrons. The topological polar surface area (TPSA) is 32.3 Å². The van der Waals surface area contributed by atoms with Crippen LogP contribution in [0.3, 0.4) is 0 Å². The van der Waals surface area contributed by atoms with Crippen LogP contribution in [0.15, 0.2) is 48.5 Å². The van der Waals surface area contributed by atoms with Gasteiger partial charge in [0.15, 0.2) is 0 Å². The highest BCUT2D eigenvalue weighted by atomic mass is 16.1. The van der Waals surface area contributed by atoms with Gasteiger partial charge in [0, 0.05) is 23.3 Å². The standard InChI is InChI=1S/C24H30N2O/c1-17-5-7-20(8-6-17)24(27)25-22-12-9-19(10-13-22)21-11-14-23(16-21)26-15-3-4-18(26)2/h5-10,12-13,18,21,23H,3-4,11,14-16H2,1-2H3,(H,25,27)/t18-,21?,23?/m0/s1. The molecule has 1 aliphatic carbocycles. The lowest BCUT2D eigenvalue weighted by Crippen LogP contribution is -2.35. The fourth-order valence-corrected chi connectivity index (χ4v) is 4.81. The highest BCUT2D eigenvalue weighted by molar-refractivity contribution is 6.04. The van der Waals surface area contributed by atoms with Crippen LogP contribution in [0, 0.1) is 6.92 Å². The van der Waals surface area contributed by atoms with Crippen molar-refractivity contribution in [2.45, 2.75) is 64.0 Å². The first-order valence-electron chi connectivity index (χ1n) is 10.3. The summed E-state index contributed by atoms with van der Waals surface area (Å²) in [4.78, 5) is 15.1. The maximum Gasteiger partial charge on any atom is 0.255 e. The van der Waals surface area contributed by atoms with E-state index in [-0.39, 0.29) is 5.91 Å². The van der Waals surface area contributed by atoms with Gasteiger partial charge < -0.3 is 5.32 Å². The Morgan fingerprint density at radius 1 is 1.00 bits per heavy atom. The maximum atomic E-state index is 12.4. The van der Waals surface area contributed by atoms with Crippen molar-refractivity contribution < 1.29 is 4.79 Å². The van der Waals surface area contributed by atoms with Gasteiger partial charge in [0.25, 0.3) is 5.91 Å². The van der Waals surface area contributed by atoms with Crippen LogP contribution in [0.4, 0.5) is 5.69 Å². The van der Waals surface area contributed by atoms with Crippen LogP contribution in [-0.2, 0) is 0 Å². The molecule has 0 spiro atoms. The molecule has 1 aliphatic heterocycles. The number of aryl methyl sites for hydroxylation is 1. The zero-order chi connectivity index (χ0) is 18.8. The molecule has 3 heteroatoms. The Bertz CT molecular complexity index is 781. The van der Waals surface area contributed by atoms with E-state index in [1.54, 1.807) is 0 Å². The van der Waals surface area contributed by atoms with Crippen LogP contribution < -0.4 is 5.32 Å². The molecule has 2 aromatic carbocycles. The Labute approximate surface area is 162 Å². The third-order valence-electron chi connectivity index (χ3n) is 6.43. The molecular weight excluding hydrogens is 332 g/mol. The summed E-state index contributed by atoms with van der Waals surface area (Å²) < 4.78 is 0. The van der Waals surface area contributed by atoms with E-state index in [1.807, 2.05) is 43.3 Å². The zero-order valence-corrected chi connectivity index (χ0v) is 16.4. The summed E-state index contributed by atoms with van der Waals surface area (Å²) in [5.74, 6) is 0.608. The normalized spacial score (nSPS) is 25.6. The smallest absolute Gasteiger partial charge is 0.255 e. The highest BCUT2D eigenvalue weighted by Gasteiger charge is 2.34. The minimum Gasteiger partial charge on any atom is -0.322 e. The molecule has 2 aromatic rings. The average molecular weight is 363 g/mol. The van der Waals surface area contributed by atoms with E-state index in [9.17, 15) is 4.79 Å². The second-order valence-electron chi connectivity index (χ2n) is 8.34. The monoisotopic (exact) mass is 362 g/mol. The third-order valence-corrected chi connectivity index (χ3v) is 6.43. The van der Waals surface area contributed by atoms with Crippen molar-refractivity contribution >= 4 is 11.6 Å². The Kier molecular flexibility index (Phi) is 5.31. The van der Waals surface area contributed by atoms with Crippen LogP contribution in [0.25, 0.3) is 0 Å². The number of likely N-dealkylation sites (tertiary alicyclic amines) is 1. The number of hydrogen-bond donors (Lipinski definition) is 1. The fraction of sp³-hybridized carbons (Fsp3) is 0.458. The summed E-state index contributed by atoms with van der Waals surface area (Å²) in [6.45, 7) is 5.69. The summed E-state index contributed by atoms with van der Waals surface area (Å²) >= 11 is 0. The van der Waals surface area contributed by atoms with Gasteiger partial charge in [-0.2, -0.15) is 0 Å². The van der Waals surface area contributed by atoms with E-state index in [0.717, 1.165) is 23.3 Å². The highest BCUT2D eigenvalue weighted by Crippen LogP contribution is 2.39. The Hall–Kier alpha value is -2.13. The summed E-state index contributed by atoms with van der Waals surface area (Å²) in [5.41, 5.74) is 4.14. The lowest BCUT2D eigenvalue weighted by Gasteiger charge is -2.28. The van der Waals surface area contributed by atoms with Crippen LogP contribution in [-0.4, -0.2) is 29.4 Å². The quantitative estimate of drug-likeness (QED) is 0.793. The second-order valence-corrected chi connectivity index (χ2v) is 8.34. The van der Waals surface area contributed by atoms with E-state index in [4.69, 9.17) is 0 Å². The minimum absolute atomic E-state index is 0.0494. The molecule has 1 N–H and O–H groups in total. The number of rotatable bonds is 4. The Balaban J connectivity index is 1.36. The minimum atomic E-state index is -0.0494. The van der Waals surface area contributed by atoms with Crippen molar-refractivity contribution in [1.29, 1.82) is 0 Å². The molecule has 0 radical (unpaired) electrons. The number of amides is 1. The van der Waals surface area contributed by atoms with E-state index in [2.05, 4.69) is 29.3 Å². The molecule has 3 atom stereocenters. The lowest BCUT2D eigenvalue weighted by atomic mass is 9.97. The first-order chi connectivity index (χ1) is 13.1. The molecular formula is C24H30N2O. The number of nitrogens with one attached hydrogen (secondary N) is 1. The molecule has 2 fully saturated rings. The van der Waals surface area contributed by atoms with Gasteiger partial charge in [-0.05, 0) is 88.2 Å². The summed E-state index contributed by atoms with van der Waals surface area (Å²) in [5, 5.41) is 3.01. The summed E-state index contributed by atoms with van der Waals surface area (Å²) in [6, 6.07) is 17.7. The van der Waals surface area contributed by atoms with E-state index in [1.165, 1.54) is 44.2 Å². The van der Waals surface area contributed by atoms with Gasteiger partial charge in [-0.3, -0.25) is 9.69 Å². The van der Waals surface area contributed by atoms with Crippen molar-refractivity contribution in [3.63, 3.8) is 0 Å². The average Bonchev–Trinajstić information content (AvgIpc) is 3.31. The molecule has 27 heavy (non-hydrogen) atoms. The number of carbonyl (C=O) groups excluding carboxylic acids is 1. The molecule has 2 aliphatic rings. The molecule has 2 unspecified atom stereocenters. The first kappa shape index (κ1) is 18.2. The van der Waals surface area contributed by atoms with Gasteiger partial charge in [-0.1, -0.05) is 29.8 Å². The Morgan fingerprint density at radius 2 is 1.74 bits per heavy atom. The molecule has 1 heterocycles. The van der Waals surface area contributed by atoms with E-state index >= 15 is 0 Å². The Morgan fingerprint density at radius 3 is 2.41 bits per heavy atom. The van der Waals surface area contributed by atoms with Crippen molar-refractivity contribution in [2.75, 3.05) is 11.9 Å². The number of carbonyl (C=O) groups is 1. The molecule has 1 saturated heterocycles. The lowest BCUT2D eigenvalue weighted by molar-refractivity contribution is 0.102. The fourth-order valence-electron chi connectivity index (χ4n) is 4.81.